The number of para-hydroxylation sites is 1. The van der Waals surface area contributed by atoms with Gasteiger partial charge in [0.05, 0.1) is 22.3 Å². The summed E-state index contributed by atoms with van der Waals surface area (Å²) in [5, 5.41) is 7.22. The quantitative estimate of drug-likeness (QED) is 0.772. The van der Waals surface area contributed by atoms with Crippen LogP contribution in [0, 0.1) is 0 Å². The molecule has 7 heteroatoms. The van der Waals surface area contributed by atoms with E-state index in [9.17, 15) is 9.59 Å². The molecule has 0 atom stereocenters. The van der Waals surface area contributed by atoms with Gasteiger partial charge in [-0.15, -0.1) is 11.3 Å². The number of amides is 2. The van der Waals surface area contributed by atoms with Crippen molar-refractivity contribution in [2.75, 3.05) is 10.6 Å². The smallest absolute Gasteiger partial charge is 0.265 e. The van der Waals surface area contributed by atoms with Crippen LogP contribution >= 0.6 is 11.3 Å². The third kappa shape index (κ3) is 3.58. The van der Waals surface area contributed by atoms with E-state index in [2.05, 4.69) is 20.6 Å². The number of thiophene rings is 1. The van der Waals surface area contributed by atoms with Crippen LogP contribution in [0.2, 0.25) is 0 Å². The third-order valence-electron chi connectivity index (χ3n) is 2.97. The zero-order chi connectivity index (χ0) is 16.1. The topological polar surface area (TPSA) is 84.0 Å². The number of carbonyl (C=O) groups is 2. The minimum atomic E-state index is -0.368. The summed E-state index contributed by atoms with van der Waals surface area (Å²) in [5.74, 6) is -0.274. The van der Waals surface area contributed by atoms with Crippen molar-refractivity contribution in [1.82, 2.24) is 9.97 Å². The molecule has 114 valence electrons. The van der Waals surface area contributed by atoms with Crippen molar-refractivity contribution in [2.24, 2.45) is 0 Å². The average molecular weight is 324 g/mol. The summed E-state index contributed by atoms with van der Waals surface area (Å²) < 4.78 is 0. The fraction of sp³-hybridized carbons (Fsp3) is 0. The van der Waals surface area contributed by atoms with Crippen molar-refractivity contribution in [1.29, 1.82) is 0 Å². The Morgan fingerprint density at radius 2 is 1.83 bits per heavy atom. The molecule has 3 aromatic rings. The normalized spacial score (nSPS) is 10.1. The SMILES string of the molecule is O=C(Nc1ccccc1C(=O)Nc1cnccn1)c1cccs1. The molecular formula is C16H12N4O2S. The van der Waals surface area contributed by atoms with E-state index in [-0.39, 0.29) is 11.8 Å². The maximum absolute atomic E-state index is 12.4. The predicted octanol–water partition coefficient (Wildman–Crippen LogP) is 3.04. The van der Waals surface area contributed by atoms with E-state index >= 15 is 0 Å². The molecule has 0 bridgehead atoms. The van der Waals surface area contributed by atoms with Gasteiger partial charge in [0, 0.05) is 12.4 Å². The van der Waals surface area contributed by atoms with Crippen LogP contribution in [0.25, 0.3) is 0 Å². The van der Waals surface area contributed by atoms with Crippen LogP contribution in [0.15, 0.2) is 60.4 Å². The number of nitrogens with one attached hydrogen (secondary N) is 2. The standard InChI is InChI=1S/C16H12N4O2S/c21-15(20-14-10-17-7-8-18-14)11-4-1-2-5-12(11)19-16(22)13-6-3-9-23-13/h1-10H,(H,19,22)(H,18,20,21). The Balaban J connectivity index is 1.80. The van der Waals surface area contributed by atoms with Crippen LogP contribution < -0.4 is 10.6 Å². The number of rotatable bonds is 4. The van der Waals surface area contributed by atoms with E-state index in [1.807, 2.05) is 5.38 Å². The Kier molecular flexibility index (Phi) is 4.39. The average Bonchev–Trinajstić information content (AvgIpc) is 3.11. The molecule has 0 aliphatic carbocycles. The lowest BCUT2D eigenvalue weighted by atomic mass is 10.1. The van der Waals surface area contributed by atoms with Crippen LogP contribution in [0.4, 0.5) is 11.5 Å². The van der Waals surface area contributed by atoms with Crippen LogP contribution in [-0.4, -0.2) is 21.8 Å². The van der Waals surface area contributed by atoms with Crippen molar-refractivity contribution in [3.63, 3.8) is 0 Å². The fourth-order valence-electron chi connectivity index (χ4n) is 1.93. The van der Waals surface area contributed by atoms with Crippen molar-refractivity contribution in [2.45, 2.75) is 0 Å². The largest absolute Gasteiger partial charge is 0.321 e. The van der Waals surface area contributed by atoms with E-state index in [0.717, 1.165) is 0 Å². The summed E-state index contributed by atoms with van der Waals surface area (Å²) in [7, 11) is 0. The first-order valence-electron chi connectivity index (χ1n) is 6.75. The highest BCUT2D eigenvalue weighted by atomic mass is 32.1. The first-order chi connectivity index (χ1) is 11.2. The second-order valence-corrected chi connectivity index (χ2v) is 5.47. The Morgan fingerprint density at radius 1 is 0.957 bits per heavy atom. The lowest BCUT2D eigenvalue weighted by Gasteiger charge is -2.10. The molecule has 23 heavy (non-hydrogen) atoms. The maximum Gasteiger partial charge on any atom is 0.265 e. The van der Waals surface area contributed by atoms with Crippen molar-refractivity contribution >= 4 is 34.7 Å². The molecule has 2 N–H and O–H groups in total. The van der Waals surface area contributed by atoms with E-state index < -0.39 is 0 Å². The van der Waals surface area contributed by atoms with Gasteiger partial charge in [-0.3, -0.25) is 14.6 Å². The Labute approximate surface area is 136 Å². The van der Waals surface area contributed by atoms with Crippen molar-refractivity contribution in [3.8, 4) is 0 Å². The molecule has 0 saturated heterocycles. The number of carbonyl (C=O) groups excluding carboxylic acids is 2. The predicted molar refractivity (Wildman–Crippen MR) is 88.7 cm³/mol. The molecule has 0 unspecified atom stereocenters. The highest BCUT2D eigenvalue weighted by molar-refractivity contribution is 7.12. The number of nitrogens with zero attached hydrogens (tertiary/aromatic N) is 2. The van der Waals surface area contributed by atoms with Gasteiger partial charge in [0.15, 0.2) is 5.82 Å². The first-order valence-corrected chi connectivity index (χ1v) is 7.63. The number of benzene rings is 1. The van der Waals surface area contributed by atoms with Gasteiger partial charge in [-0.1, -0.05) is 18.2 Å². The van der Waals surface area contributed by atoms with Crippen LogP contribution in [0.1, 0.15) is 20.0 Å². The molecule has 0 fully saturated rings. The minimum absolute atomic E-state index is 0.250. The third-order valence-corrected chi connectivity index (χ3v) is 3.84. The van der Waals surface area contributed by atoms with Gasteiger partial charge < -0.3 is 10.6 Å². The number of anilines is 2. The van der Waals surface area contributed by atoms with Crippen molar-refractivity contribution < 1.29 is 9.59 Å². The molecule has 0 spiro atoms. The Hall–Kier alpha value is -3.06. The van der Waals surface area contributed by atoms with E-state index in [4.69, 9.17) is 0 Å². The second kappa shape index (κ2) is 6.80. The highest BCUT2D eigenvalue weighted by Gasteiger charge is 2.15. The highest BCUT2D eigenvalue weighted by Crippen LogP contribution is 2.19. The molecule has 2 heterocycles. The number of hydrogen-bond acceptors (Lipinski definition) is 5. The molecule has 3 rings (SSSR count). The maximum atomic E-state index is 12.4. The van der Waals surface area contributed by atoms with Gasteiger partial charge in [-0.25, -0.2) is 4.98 Å². The van der Waals surface area contributed by atoms with E-state index in [0.29, 0.717) is 21.9 Å². The van der Waals surface area contributed by atoms with E-state index in [1.165, 1.54) is 29.9 Å². The Morgan fingerprint density at radius 3 is 2.57 bits per heavy atom. The van der Waals surface area contributed by atoms with Crippen LogP contribution in [-0.2, 0) is 0 Å². The summed E-state index contributed by atoms with van der Waals surface area (Å²) in [5.41, 5.74) is 0.787. The van der Waals surface area contributed by atoms with Gasteiger partial charge in [0.1, 0.15) is 0 Å². The summed E-state index contributed by atoms with van der Waals surface area (Å²) in [6.07, 6.45) is 4.45. The van der Waals surface area contributed by atoms with E-state index in [1.54, 1.807) is 36.4 Å². The molecule has 0 aliphatic rings. The molecule has 0 aliphatic heterocycles. The van der Waals surface area contributed by atoms with Crippen LogP contribution in [0.3, 0.4) is 0 Å². The first kappa shape index (κ1) is 14.9. The van der Waals surface area contributed by atoms with Gasteiger partial charge in [-0.05, 0) is 23.6 Å². The summed E-state index contributed by atoms with van der Waals surface area (Å²) in [4.78, 5) is 33.0. The lowest BCUT2D eigenvalue weighted by Crippen LogP contribution is -2.18. The lowest BCUT2D eigenvalue weighted by molar-refractivity contribution is 0.102. The number of hydrogen-bond donors (Lipinski definition) is 2. The molecule has 6 nitrogen and oxygen atoms in total. The molecule has 0 saturated carbocycles. The minimum Gasteiger partial charge on any atom is -0.321 e. The molecule has 2 amide bonds. The second-order valence-electron chi connectivity index (χ2n) is 4.52. The molecular weight excluding hydrogens is 312 g/mol. The molecule has 1 aromatic carbocycles. The van der Waals surface area contributed by atoms with Crippen molar-refractivity contribution in [3.05, 3.63) is 70.8 Å². The van der Waals surface area contributed by atoms with Gasteiger partial charge in [0.25, 0.3) is 11.8 Å². The van der Waals surface area contributed by atoms with Gasteiger partial charge in [0.2, 0.25) is 0 Å². The number of aromatic nitrogens is 2. The van der Waals surface area contributed by atoms with Crippen LogP contribution in [0.5, 0.6) is 0 Å². The molecule has 2 aromatic heterocycles. The fourth-order valence-corrected chi connectivity index (χ4v) is 2.55. The monoisotopic (exact) mass is 324 g/mol. The summed E-state index contributed by atoms with van der Waals surface area (Å²) in [6.45, 7) is 0. The zero-order valence-corrected chi connectivity index (χ0v) is 12.7. The zero-order valence-electron chi connectivity index (χ0n) is 11.9. The van der Waals surface area contributed by atoms with Gasteiger partial charge >= 0.3 is 0 Å². The summed E-state index contributed by atoms with van der Waals surface area (Å²) in [6, 6.07) is 10.3. The Bertz CT molecular complexity index is 819. The molecule has 0 radical (unpaired) electrons. The summed E-state index contributed by atoms with van der Waals surface area (Å²) >= 11 is 1.34. The van der Waals surface area contributed by atoms with Gasteiger partial charge in [-0.2, -0.15) is 0 Å².